The summed E-state index contributed by atoms with van der Waals surface area (Å²) in [6, 6.07) is 16.5. The Morgan fingerprint density at radius 2 is 1.69 bits per heavy atom. The number of nitrogens with zero attached hydrogens (tertiary/aromatic N) is 2. The van der Waals surface area contributed by atoms with Crippen LogP contribution in [0.15, 0.2) is 48.5 Å². The lowest BCUT2D eigenvalue weighted by atomic mass is 10.0. The van der Waals surface area contributed by atoms with Crippen molar-refractivity contribution < 1.29 is 9.53 Å². The third-order valence-electron chi connectivity index (χ3n) is 6.05. The fourth-order valence-electron chi connectivity index (χ4n) is 3.97. The highest BCUT2D eigenvalue weighted by molar-refractivity contribution is 5.96. The Kier molecular flexibility index (Phi) is 7.99. The molecule has 29 heavy (non-hydrogen) atoms. The van der Waals surface area contributed by atoms with Gasteiger partial charge in [0.05, 0.1) is 6.10 Å². The Balaban J connectivity index is 1.48. The van der Waals surface area contributed by atoms with Crippen LogP contribution in [-0.2, 0) is 4.74 Å². The van der Waals surface area contributed by atoms with Crippen molar-refractivity contribution in [2.75, 3.05) is 46.4 Å². The van der Waals surface area contributed by atoms with Gasteiger partial charge in [-0.1, -0.05) is 42.5 Å². The molecule has 2 aromatic rings. The fraction of sp³-hybridized carbons (Fsp3) is 0.480. The molecular weight excluding hydrogens is 360 g/mol. The van der Waals surface area contributed by atoms with Crippen molar-refractivity contribution >= 4 is 5.78 Å². The van der Waals surface area contributed by atoms with E-state index < -0.39 is 0 Å². The average molecular weight is 395 g/mol. The van der Waals surface area contributed by atoms with Crippen molar-refractivity contribution in [3.63, 3.8) is 0 Å². The van der Waals surface area contributed by atoms with Gasteiger partial charge in [-0.15, -0.1) is 0 Å². The van der Waals surface area contributed by atoms with Crippen LogP contribution in [0, 0.1) is 13.8 Å². The van der Waals surface area contributed by atoms with E-state index in [1.165, 1.54) is 16.7 Å². The highest BCUT2D eigenvalue weighted by Crippen LogP contribution is 2.19. The van der Waals surface area contributed by atoms with Crippen LogP contribution in [-0.4, -0.2) is 62.0 Å². The standard InChI is InChI=1S/C25H34N2O2/c1-20-10-11-23(18-21(20)2)24(28)12-15-26-13-7-14-27(17-16-26)19-25(29-3)22-8-5-4-6-9-22/h4-6,8-11,18,25H,7,12-17,19H2,1-3H3. The van der Waals surface area contributed by atoms with Crippen molar-refractivity contribution in [3.05, 3.63) is 70.8 Å². The zero-order chi connectivity index (χ0) is 20.6. The molecule has 0 aliphatic carbocycles. The molecule has 1 aliphatic heterocycles. The number of carbonyl (C=O) groups is 1. The molecule has 4 heteroatoms. The number of ether oxygens (including phenoxy) is 1. The summed E-state index contributed by atoms with van der Waals surface area (Å²) in [6.45, 7) is 10.1. The number of methoxy groups -OCH3 is 1. The lowest BCUT2D eigenvalue weighted by Gasteiger charge is -2.26. The second-order valence-corrected chi connectivity index (χ2v) is 8.10. The second-order valence-electron chi connectivity index (χ2n) is 8.10. The number of rotatable bonds is 8. The molecule has 0 bridgehead atoms. The van der Waals surface area contributed by atoms with E-state index in [1.54, 1.807) is 7.11 Å². The molecule has 1 heterocycles. The smallest absolute Gasteiger partial charge is 0.164 e. The van der Waals surface area contributed by atoms with E-state index in [1.807, 2.05) is 24.3 Å². The van der Waals surface area contributed by atoms with E-state index in [0.29, 0.717) is 6.42 Å². The lowest BCUT2D eigenvalue weighted by Crippen LogP contribution is -2.34. The van der Waals surface area contributed by atoms with Gasteiger partial charge in [-0.25, -0.2) is 0 Å². The normalized spacial score (nSPS) is 17.1. The van der Waals surface area contributed by atoms with Gasteiger partial charge in [0.1, 0.15) is 0 Å². The van der Waals surface area contributed by atoms with Crippen LogP contribution in [0.2, 0.25) is 0 Å². The maximum absolute atomic E-state index is 12.6. The summed E-state index contributed by atoms with van der Waals surface area (Å²) in [5.74, 6) is 0.248. The van der Waals surface area contributed by atoms with Crippen molar-refractivity contribution in [2.45, 2.75) is 32.8 Å². The first-order valence-corrected chi connectivity index (χ1v) is 10.7. The monoisotopic (exact) mass is 394 g/mol. The third-order valence-corrected chi connectivity index (χ3v) is 6.05. The topological polar surface area (TPSA) is 32.8 Å². The van der Waals surface area contributed by atoms with E-state index in [2.05, 4.69) is 47.9 Å². The highest BCUT2D eigenvalue weighted by atomic mass is 16.5. The number of hydrogen-bond acceptors (Lipinski definition) is 4. The minimum Gasteiger partial charge on any atom is -0.375 e. The summed E-state index contributed by atoms with van der Waals surface area (Å²) in [5.41, 5.74) is 4.50. The van der Waals surface area contributed by atoms with Crippen molar-refractivity contribution in [2.24, 2.45) is 0 Å². The van der Waals surface area contributed by atoms with Crippen molar-refractivity contribution in [1.82, 2.24) is 9.80 Å². The number of hydrogen-bond donors (Lipinski definition) is 0. The molecule has 1 saturated heterocycles. The molecule has 2 aromatic carbocycles. The molecule has 156 valence electrons. The Hall–Kier alpha value is -2.01. The predicted molar refractivity (Wildman–Crippen MR) is 119 cm³/mol. The maximum Gasteiger partial charge on any atom is 0.164 e. The maximum atomic E-state index is 12.6. The van der Waals surface area contributed by atoms with Crippen molar-refractivity contribution in [3.8, 4) is 0 Å². The minimum atomic E-state index is 0.106. The summed E-state index contributed by atoms with van der Waals surface area (Å²) in [7, 11) is 1.79. The Labute approximate surface area is 175 Å². The van der Waals surface area contributed by atoms with Crippen LogP contribution < -0.4 is 0 Å². The van der Waals surface area contributed by atoms with E-state index in [-0.39, 0.29) is 11.9 Å². The molecule has 0 saturated carbocycles. The number of aryl methyl sites for hydroxylation is 2. The van der Waals surface area contributed by atoms with E-state index in [9.17, 15) is 4.79 Å². The van der Waals surface area contributed by atoms with Crippen LogP contribution in [0.4, 0.5) is 0 Å². The highest BCUT2D eigenvalue weighted by Gasteiger charge is 2.20. The first-order valence-electron chi connectivity index (χ1n) is 10.7. The second kappa shape index (κ2) is 10.7. The lowest BCUT2D eigenvalue weighted by molar-refractivity contribution is 0.0645. The summed E-state index contributed by atoms with van der Waals surface area (Å²) in [5, 5.41) is 0. The summed E-state index contributed by atoms with van der Waals surface area (Å²) in [6.07, 6.45) is 1.82. The molecule has 0 N–H and O–H groups in total. The first kappa shape index (κ1) is 21.7. The molecular formula is C25H34N2O2. The van der Waals surface area contributed by atoms with E-state index >= 15 is 0 Å². The first-order chi connectivity index (χ1) is 14.1. The zero-order valence-corrected chi connectivity index (χ0v) is 18.1. The van der Waals surface area contributed by atoms with Gasteiger partial charge >= 0.3 is 0 Å². The van der Waals surface area contributed by atoms with Crippen molar-refractivity contribution in [1.29, 1.82) is 0 Å². The summed E-state index contributed by atoms with van der Waals surface area (Å²) in [4.78, 5) is 17.5. The third kappa shape index (κ3) is 6.23. The molecule has 1 aliphatic rings. The van der Waals surface area contributed by atoms with Gasteiger partial charge in [0.15, 0.2) is 5.78 Å². The Morgan fingerprint density at radius 3 is 2.41 bits per heavy atom. The number of ketones is 1. The summed E-state index contributed by atoms with van der Waals surface area (Å²) >= 11 is 0. The molecule has 3 rings (SSSR count). The number of Topliss-reactive ketones (excluding diaryl/α,β-unsaturated/α-hetero) is 1. The SMILES string of the molecule is COC(CN1CCCN(CCC(=O)c2ccc(C)c(C)c2)CC1)c1ccccc1. The number of carbonyl (C=O) groups excluding carboxylic acids is 1. The van der Waals surface area contributed by atoms with Gasteiger partial charge in [0, 0.05) is 45.3 Å². The number of benzene rings is 2. The molecule has 1 fully saturated rings. The Bertz CT molecular complexity index is 791. The quantitative estimate of drug-likeness (QED) is 0.626. The van der Waals surface area contributed by atoms with Gasteiger partial charge in [-0.2, -0.15) is 0 Å². The molecule has 1 atom stereocenters. The van der Waals surface area contributed by atoms with Gasteiger partial charge in [-0.3, -0.25) is 9.69 Å². The van der Waals surface area contributed by atoms with Crippen LogP contribution in [0.1, 0.15) is 46.0 Å². The molecule has 0 aromatic heterocycles. The van der Waals surface area contributed by atoms with Gasteiger partial charge in [0.2, 0.25) is 0 Å². The molecule has 0 spiro atoms. The van der Waals surface area contributed by atoms with E-state index in [0.717, 1.165) is 51.3 Å². The molecule has 0 amide bonds. The van der Waals surface area contributed by atoms with Gasteiger partial charge in [0.25, 0.3) is 0 Å². The predicted octanol–water partition coefficient (Wildman–Crippen LogP) is 4.27. The van der Waals surface area contributed by atoms with E-state index in [4.69, 9.17) is 4.74 Å². The zero-order valence-electron chi connectivity index (χ0n) is 18.1. The van der Waals surface area contributed by atoms with Gasteiger partial charge < -0.3 is 9.64 Å². The largest absolute Gasteiger partial charge is 0.375 e. The van der Waals surface area contributed by atoms with Gasteiger partial charge in [-0.05, 0) is 56.1 Å². The fourth-order valence-corrected chi connectivity index (χ4v) is 3.97. The molecule has 1 unspecified atom stereocenters. The average Bonchev–Trinajstić information content (AvgIpc) is 2.98. The molecule has 0 radical (unpaired) electrons. The van der Waals surface area contributed by atoms with Crippen LogP contribution in [0.5, 0.6) is 0 Å². The summed E-state index contributed by atoms with van der Waals surface area (Å²) < 4.78 is 5.75. The molecule has 4 nitrogen and oxygen atoms in total. The Morgan fingerprint density at radius 1 is 0.966 bits per heavy atom. The van der Waals surface area contributed by atoms with Crippen LogP contribution in [0.25, 0.3) is 0 Å². The van der Waals surface area contributed by atoms with Crippen LogP contribution in [0.3, 0.4) is 0 Å². The minimum absolute atomic E-state index is 0.106. The van der Waals surface area contributed by atoms with Crippen LogP contribution >= 0.6 is 0 Å².